The predicted molar refractivity (Wildman–Crippen MR) is 90.6 cm³/mol. The van der Waals surface area contributed by atoms with Crippen molar-refractivity contribution in [3.8, 4) is 11.5 Å². The number of nitrogens with one attached hydrogen (secondary N) is 1. The molecular weight excluding hydrogens is 306 g/mol. The van der Waals surface area contributed by atoms with Crippen LogP contribution in [0.5, 0.6) is 11.5 Å². The van der Waals surface area contributed by atoms with Crippen molar-refractivity contribution in [2.75, 3.05) is 14.2 Å². The number of aryl methyl sites for hydroxylation is 1. The number of imidazole rings is 1. The molecule has 1 amide bonds. The number of pyridine rings is 1. The van der Waals surface area contributed by atoms with Crippen LogP contribution in [0.15, 0.2) is 42.7 Å². The summed E-state index contributed by atoms with van der Waals surface area (Å²) in [7, 11) is 3.10. The molecular formula is C18H19N3O3. The van der Waals surface area contributed by atoms with Gasteiger partial charge in [-0.3, -0.25) is 4.79 Å². The van der Waals surface area contributed by atoms with E-state index < -0.39 is 0 Å². The number of ether oxygens (including phenoxy) is 2. The lowest BCUT2D eigenvalue weighted by molar-refractivity contribution is 0.0949. The number of methoxy groups -OCH3 is 2. The van der Waals surface area contributed by atoms with Crippen molar-refractivity contribution in [3.05, 3.63) is 59.5 Å². The van der Waals surface area contributed by atoms with Gasteiger partial charge in [-0.15, -0.1) is 0 Å². The van der Waals surface area contributed by atoms with Crippen molar-refractivity contribution in [1.82, 2.24) is 14.7 Å². The minimum atomic E-state index is -0.207. The molecule has 0 radical (unpaired) electrons. The lowest BCUT2D eigenvalue weighted by Gasteiger charge is -2.08. The highest BCUT2D eigenvalue weighted by Gasteiger charge is 2.11. The number of aromatic nitrogens is 2. The van der Waals surface area contributed by atoms with E-state index in [4.69, 9.17) is 9.47 Å². The first-order valence-electron chi connectivity index (χ1n) is 7.55. The van der Waals surface area contributed by atoms with E-state index in [9.17, 15) is 4.79 Å². The maximum absolute atomic E-state index is 12.4. The zero-order valence-corrected chi connectivity index (χ0v) is 13.9. The summed E-state index contributed by atoms with van der Waals surface area (Å²) in [6.07, 6.45) is 3.85. The van der Waals surface area contributed by atoms with Crippen LogP contribution >= 0.6 is 0 Å². The number of nitrogens with zero attached hydrogens (tertiary/aromatic N) is 2. The topological polar surface area (TPSA) is 64.9 Å². The van der Waals surface area contributed by atoms with Crippen LogP contribution in [0, 0.1) is 6.92 Å². The van der Waals surface area contributed by atoms with E-state index in [2.05, 4.69) is 10.3 Å². The summed E-state index contributed by atoms with van der Waals surface area (Å²) in [6.45, 7) is 2.35. The number of hydrogen-bond donors (Lipinski definition) is 1. The number of carbonyl (C=O) groups excluding carboxylic acids is 1. The van der Waals surface area contributed by atoms with Crippen LogP contribution in [-0.4, -0.2) is 29.5 Å². The Hall–Kier alpha value is -3.02. The fourth-order valence-corrected chi connectivity index (χ4v) is 2.50. The summed E-state index contributed by atoms with van der Waals surface area (Å²) in [6, 6.07) is 9.04. The fraction of sp³-hybridized carbons (Fsp3) is 0.222. The molecule has 2 heterocycles. The van der Waals surface area contributed by atoms with E-state index in [0.717, 1.165) is 16.9 Å². The van der Waals surface area contributed by atoms with Gasteiger partial charge in [-0.05, 0) is 30.7 Å². The van der Waals surface area contributed by atoms with Crippen molar-refractivity contribution in [3.63, 3.8) is 0 Å². The second-order valence-electron chi connectivity index (χ2n) is 5.44. The summed E-state index contributed by atoms with van der Waals surface area (Å²) < 4.78 is 12.3. The molecule has 1 N–H and O–H groups in total. The molecule has 24 heavy (non-hydrogen) atoms. The molecule has 0 saturated carbocycles. The number of benzene rings is 1. The van der Waals surface area contributed by atoms with Gasteiger partial charge in [-0.25, -0.2) is 4.98 Å². The average Bonchev–Trinajstić information content (AvgIpc) is 3.03. The first-order chi connectivity index (χ1) is 11.6. The number of fused-ring (bicyclic) bond motifs is 1. The smallest absolute Gasteiger partial charge is 0.251 e. The Labute approximate surface area is 140 Å². The van der Waals surface area contributed by atoms with E-state index in [0.29, 0.717) is 23.6 Å². The van der Waals surface area contributed by atoms with Crippen LogP contribution in [0.1, 0.15) is 21.6 Å². The fourth-order valence-electron chi connectivity index (χ4n) is 2.50. The van der Waals surface area contributed by atoms with E-state index in [-0.39, 0.29) is 5.91 Å². The molecule has 0 fully saturated rings. The molecule has 0 atom stereocenters. The molecule has 0 spiro atoms. The highest BCUT2D eigenvalue weighted by atomic mass is 16.5. The Balaban J connectivity index is 1.76. The lowest BCUT2D eigenvalue weighted by atomic mass is 10.2. The van der Waals surface area contributed by atoms with E-state index in [1.165, 1.54) is 0 Å². The second-order valence-corrected chi connectivity index (χ2v) is 5.44. The molecule has 0 saturated heterocycles. The molecule has 2 aromatic heterocycles. The number of amides is 1. The second kappa shape index (κ2) is 6.62. The average molecular weight is 325 g/mol. The Morgan fingerprint density at radius 2 is 1.92 bits per heavy atom. The Morgan fingerprint density at radius 3 is 2.54 bits per heavy atom. The van der Waals surface area contributed by atoms with Gasteiger partial charge in [0.15, 0.2) is 0 Å². The maximum atomic E-state index is 12.4. The van der Waals surface area contributed by atoms with Gasteiger partial charge in [0, 0.05) is 24.0 Å². The predicted octanol–water partition coefficient (Wildman–Crippen LogP) is 2.59. The quantitative estimate of drug-likeness (QED) is 0.783. The van der Waals surface area contributed by atoms with Gasteiger partial charge in [0.2, 0.25) is 0 Å². The summed E-state index contributed by atoms with van der Waals surface area (Å²) in [5, 5.41) is 2.87. The van der Waals surface area contributed by atoms with Crippen molar-refractivity contribution in [2.24, 2.45) is 0 Å². The lowest BCUT2D eigenvalue weighted by Crippen LogP contribution is -2.23. The largest absolute Gasteiger partial charge is 0.497 e. The Kier molecular flexibility index (Phi) is 4.37. The number of rotatable bonds is 5. The minimum Gasteiger partial charge on any atom is -0.497 e. The van der Waals surface area contributed by atoms with Crippen LogP contribution in [0.3, 0.4) is 0 Å². The monoisotopic (exact) mass is 325 g/mol. The third-order valence-corrected chi connectivity index (χ3v) is 3.77. The van der Waals surface area contributed by atoms with E-state index in [1.54, 1.807) is 32.4 Å². The number of hydrogen-bond acceptors (Lipinski definition) is 4. The van der Waals surface area contributed by atoms with Crippen LogP contribution in [0.4, 0.5) is 0 Å². The standard InChI is InChI=1S/C18H19N3O3/c1-12-5-4-6-21-11-14(20-17(12)21)10-19-18(22)13-7-15(23-2)9-16(8-13)24-3/h4-9,11H,10H2,1-3H3,(H,19,22). The van der Waals surface area contributed by atoms with Gasteiger partial charge < -0.3 is 19.2 Å². The van der Waals surface area contributed by atoms with E-state index in [1.807, 2.05) is 35.9 Å². The zero-order valence-electron chi connectivity index (χ0n) is 13.9. The summed E-state index contributed by atoms with van der Waals surface area (Å²) >= 11 is 0. The SMILES string of the molecule is COc1cc(OC)cc(C(=O)NCc2cn3cccc(C)c3n2)c1. The van der Waals surface area contributed by atoms with Crippen LogP contribution in [-0.2, 0) is 6.54 Å². The Bertz CT molecular complexity index is 864. The van der Waals surface area contributed by atoms with Crippen LogP contribution < -0.4 is 14.8 Å². The van der Waals surface area contributed by atoms with Gasteiger partial charge in [0.25, 0.3) is 5.91 Å². The third-order valence-electron chi connectivity index (χ3n) is 3.77. The molecule has 0 unspecified atom stereocenters. The molecule has 0 aliphatic carbocycles. The molecule has 3 rings (SSSR count). The minimum absolute atomic E-state index is 0.207. The normalized spacial score (nSPS) is 10.6. The molecule has 0 bridgehead atoms. The molecule has 0 aliphatic rings. The van der Waals surface area contributed by atoms with Crippen LogP contribution in [0.2, 0.25) is 0 Å². The third kappa shape index (κ3) is 3.17. The van der Waals surface area contributed by atoms with Gasteiger partial charge in [0.05, 0.1) is 26.5 Å². The molecule has 0 aliphatic heterocycles. The van der Waals surface area contributed by atoms with Crippen molar-refractivity contribution >= 4 is 11.6 Å². The first kappa shape index (κ1) is 15.9. The molecule has 124 valence electrons. The zero-order chi connectivity index (χ0) is 17.1. The highest BCUT2D eigenvalue weighted by molar-refractivity contribution is 5.95. The highest BCUT2D eigenvalue weighted by Crippen LogP contribution is 2.22. The van der Waals surface area contributed by atoms with Crippen molar-refractivity contribution in [1.29, 1.82) is 0 Å². The molecule has 6 heteroatoms. The van der Waals surface area contributed by atoms with Crippen molar-refractivity contribution < 1.29 is 14.3 Å². The Morgan fingerprint density at radius 1 is 1.21 bits per heavy atom. The van der Waals surface area contributed by atoms with Gasteiger partial charge in [-0.2, -0.15) is 0 Å². The van der Waals surface area contributed by atoms with Gasteiger partial charge in [-0.1, -0.05) is 6.07 Å². The molecule has 3 aromatic rings. The number of carbonyl (C=O) groups is 1. The summed E-state index contributed by atoms with van der Waals surface area (Å²) in [5.41, 5.74) is 3.26. The van der Waals surface area contributed by atoms with Crippen molar-refractivity contribution in [2.45, 2.75) is 13.5 Å². The van der Waals surface area contributed by atoms with Gasteiger partial charge >= 0.3 is 0 Å². The summed E-state index contributed by atoms with van der Waals surface area (Å²) in [5.74, 6) is 0.937. The molecule has 1 aromatic carbocycles. The van der Waals surface area contributed by atoms with Crippen LogP contribution in [0.25, 0.3) is 5.65 Å². The molecule has 6 nitrogen and oxygen atoms in total. The summed E-state index contributed by atoms with van der Waals surface area (Å²) in [4.78, 5) is 16.9. The van der Waals surface area contributed by atoms with E-state index >= 15 is 0 Å². The van der Waals surface area contributed by atoms with Gasteiger partial charge in [0.1, 0.15) is 17.1 Å². The maximum Gasteiger partial charge on any atom is 0.251 e. The first-order valence-corrected chi connectivity index (χ1v) is 7.55.